The smallest absolute Gasteiger partial charge is 0.308 e. The SMILES string of the molecule is Cc1ccn(-c2ccc(C(=O)N3C[C@H](C(=O)O)[C@@H](C4CC4)C3)cc2)n1. The molecule has 0 bridgehead atoms. The van der Waals surface area contributed by atoms with Crippen molar-refractivity contribution in [2.24, 2.45) is 17.8 Å². The number of carbonyl (C=O) groups is 2. The van der Waals surface area contributed by atoms with Crippen LogP contribution in [-0.2, 0) is 4.79 Å². The summed E-state index contributed by atoms with van der Waals surface area (Å²) >= 11 is 0. The summed E-state index contributed by atoms with van der Waals surface area (Å²) in [6, 6.07) is 9.22. The zero-order chi connectivity index (χ0) is 17.6. The molecular formula is C19H21N3O3. The minimum atomic E-state index is -0.781. The number of carboxylic acids is 1. The predicted molar refractivity (Wildman–Crippen MR) is 91.5 cm³/mol. The van der Waals surface area contributed by atoms with E-state index in [2.05, 4.69) is 5.10 Å². The van der Waals surface area contributed by atoms with Crippen molar-refractivity contribution in [1.29, 1.82) is 0 Å². The number of hydrogen-bond acceptors (Lipinski definition) is 3. The largest absolute Gasteiger partial charge is 0.481 e. The van der Waals surface area contributed by atoms with E-state index in [-0.39, 0.29) is 11.8 Å². The Morgan fingerprint density at radius 2 is 1.84 bits per heavy atom. The van der Waals surface area contributed by atoms with Gasteiger partial charge < -0.3 is 10.0 Å². The van der Waals surface area contributed by atoms with E-state index >= 15 is 0 Å². The Morgan fingerprint density at radius 1 is 1.12 bits per heavy atom. The van der Waals surface area contributed by atoms with Crippen LogP contribution < -0.4 is 0 Å². The standard InChI is InChI=1S/C19H21N3O3/c1-12-8-9-22(20-12)15-6-4-14(5-7-15)18(23)21-10-16(13-2-3-13)17(11-21)19(24)25/h4-9,13,16-17H,2-3,10-11H2,1H3,(H,24,25)/t16-,17+/m1/s1. The molecule has 1 amide bonds. The van der Waals surface area contributed by atoms with Crippen molar-refractivity contribution in [3.63, 3.8) is 0 Å². The molecule has 2 atom stereocenters. The Hall–Kier alpha value is -2.63. The van der Waals surface area contributed by atoms with Crippen molar-refractivity contribution < 1.29 is 14.7 Å². The lowest BCUT2D eigenvalue weighted by Gasteiger charge is -2.16. The molecule has 130 valence electrons. The average molecular weight is 339 g/mol. The highest BCUT2D eigenvalue weighted by molar-refractivity contribution is 5.95. The lowest BCUT2D eigenvalue weighted by Crippen LogP contribution is -2.29. The highest BCUT2D eigenvalue weighted by atomic mass is 16.4. The molecule has 1 aliphatic heterocycles. The minimum Gasteiger partial charge on any atom is -0.481 e. The first-order chi connectivity index (χ1) is 12.0. The summed E-state index contributed by atoms with van der Waals surface area (Å²) in [4.78, 5) is 26.0. The van der Waals surface area contributed by atoms with Gasteiger partial charge in [-0.1, -0.05) is 0 Å². The highest BCUT2D eigenvalue weighted by Crippen LogP contribution is 2.44. The fourth-order valence-corrected chi connectivity index (χ4v) is 3.76. The second-order valence-corrected chi connectivity index (χ2v) is 7.10. The van der Waals surface area contributed by atoms with Crippen LogP contribution in [0.15, 0.2) is 36.5 Å². The fourth-order valence-electron chi connectivity index (χ4n) is 3.76. The molecule has 1 N–H and O–H groups in total. The molecule has 1 saturated carbocycles. The van der Waals surface area contributed by atoms with Gasteiger partial charge in [-0.2, -0.15) is 5.10 Å². The molecule has 0 spiro atoms. The third-order valence-corrected chi connectivity index (χ3v) is 5.30. The molecule has 0 unspecified atom stereocenters. The molecule has 4 rings (SSSR count). The first-order valence-corrected chi connectivity index (χ1v) is 8.68. The van der Waals surface area contributed by atoms with E-state index < -0.39 is 11.9 Å². The van der Waals surface area contributed by atoms with Crippen LogP contribution in [0.25, 0.3) is 5.69 Å². The van der Waals surface area contributed by atoms with E-state index in [0.717, 1.165) is 24.2 Å². The number of likely N-dealkylation sites (tertiary alicyclic amines) is 1. The molecule has 6 heteroatoms. The van der Waals surface area contributed by atoms with Crippen LogP contribution in [0.3, 0.4) is 0 Å². The predicted octanol–water partition coefficient (Wildman–Crippen LogP) is 2.36. The third-order valence-electron chi connectivity index (χ3n) is 5.30. The molecule has 2 fully saturated rings. The molecule has 25 heavy (non-hydrogen) atoms. The van der Waals surface area contributed by atoms with Gasteiger partial charge >= 0.3 is 5.97 Å². The van der Waals surface area contributed by atoms with E-state index in [1.165, 1.54) is 0 Å². The number of carbonyl (C=O) groups excluding carboxylic acids is 1. The van der Waals surface area contributed by atoms with Crippen LogP contribution in [0.5, 0.6) is 0 Å². The lowest BCUT2D eigenvalue weighted by molar-refractivity contribution is -0.142. The number of amides is 1. The fraction of sp³-hybridized carbons (Fsp3) is 0.421. The van der Waals surface area contributed by atoms with E-state index in [1.807, 2.05) is 31.3 Å². The number of nitrogens with zero attached hydrogens (tertiary/aromatic N) is 3. The summed E-state index contributed by atoms with van der Waals surface area (Å²) in [5, 5.41) is 13.8. The summed E-state index contributed by atoms with van der Waals surface area (Å²) in [6.45, 7) is 2.80. The number of aliphatic carboxylic acids is 1. The van der Waals surface area contributed by atoms with Gasteiger partial charge in [0, 0.05) is 24.8 Å². The molecule has 1 aromatic carbocycles. The first-order valence-electron chi connectivity index (χ1n) is 8.68. The Bertz CT molecular complexity index is 808. The Morgan fingerprint density at radius 3 is 2.40 bits per heavy atom. The van der Waals surface area contributed by atoms with Crippen LogP contribution >= 0.6 is 0 Å². The molecule has 1 aliphatic carbocycles. The van der Waals surface area contributed by atoms with Crippen molar-refractivity contribution in [2.75, 3.05) is 13.1 Å². The number of benzene rings is 1. The van der Waals surface area contributed by atoms with Crippen molar-refractivity contribution >= 4 is 11.9 Å². The Kier molecular flexibility index (Phi) is 3.82. The quantitative estimate of drug-likeness (QED) is 0.928. The van der Waals surface area contributed by atoms with Crippen molar-refractivity contribution in [1.82, 2.24) is 14.7 Å². The number of rotatable bonds is 4. The second kappa shape index (κ2) is 6.02. The van der Waals surface area contributed by atoms with E-state index in [4.69, 9.17) is 0 Å². The highest BCUT2D eigenvalue weighted by Gasteiger charge is 2.46. The summed E-state index contributed by atoms with van der Waals surface area (Å²) in [5.74, 6) is -0.714. The maximum absolute atomic E-state index is 12.8. The van der Waals surface area contributed by atoms with Gasteiger partial charge in [-0.3, -0.25) is 9.59 Å². The molecule has 2 heterocycles. The lowest BCUT2D eigenvalue weighted by atomic mass is 9.92. The van der Waals surface area contributed by atoms with Crippen LogP contribution in [0, 0.1) is 24.7 Å². The monoisotopic (exact) mass is 339 g/mol. The zero-order valence-electron chi connectivity index (χ0n) is 14.1. The van der Waals surface area contributed by atoms with Gasteiger partial charge in [0.25, 0.3) is 5.91 Å². The van der Waals surface area contributed by atoms with Crippen molar-refractivity contribution in [2.45, 2.75) is 19.8 Å². The second-order valence-electron chi connectivity index (χ2n) is 7.10. The molecule has 1 saturated heterocycles. The zero-order valence-corrected chi connectivity index (χ0v) is 14.1. The van der Waals surface area contributed by atoms with Gasteiger partial charge in [-0.05, 0) is 61.9 Å². The van der Waals surface area contributed by atoms with Gasteiger partial charge in [0.2, 0.25) is 0 Å². The van der Waals surface area contributed by atoms with Gasteiger partial charge in [-0.25, -0.2) is 4.68 Å². The molecule has 6 nitrogen and oxygen atoms in total. The molecule has 2 aliphatic rings. The summed E-state index contributed by atoms with van der Waals surface area (Å²) in [6.07, 6.45) is 4.06. The van der Waals surface area contributed by atoms with E-state index in [1.54, 1.807) is 21.7 Å². The van der Waals surface area contributed by atoms with Crippen LogP contribution in [0.1, 0.15) is 28.9 Å². The molecule has 2 aromatic rings. The topological polar surface area (TPSA) is 75.4 Å². The van der Waals surface area contributed by atoms with Crippen LogP contribution in [0.4, 0.5) is 0 Å². The number of carboxylic acid groups (broad SMARTS) is 1. The van der Waals surface area contributed by atoms with E-state index in [9.17, 15) is 14.7 Å². The molecular weight excluding hydrogens is 318 g/mol. The normalized spacial score (nSPS) is 23.0. The molecule has 1 aromatic heterocycles. The number of hydrogen-bond donors (Lipinski definition) is 1. The number of aryl methyl sites for hydroxylation is 1. The Labute approximate surface area is 146 Å². The number of aromatic nitrogens is 2. The minimum absolute atomic E-state index is 0.0856. The van der Waals surface area contributed by atoms with Gasteiger partial charge in [-0.15, -0.1) is 0 Å². The van der Waals surface area contributed by atoms with Gasteiger partial charge in [0.05, 0.1) is 17.3 Å². The molecule has 0 radical (unpaired) electrons. The summed E-state index contributed by atoms with van der Waals surface area (Å²) in [5.41, 5.74) is 2.42. The summed E-state index contributed by atoms with van der Waals surface area (Å²) < 4.78 is 1.77. The van der Waals surface area contributed by atoms with E-state index in [0.29, 0.717) is 24.6 Å². The van der Waals surface area contributed by atoms with Gasteiger partial charge in [0.1, 0.15) is 0 Å². The van der Waals surface area contributed by atoms with Crippen molar-refractivity contribution in [3.8, 4) is 5.69 Å². The van der Waals surface area contributed by atoms with Crippen molar-refractivity contribution in [3.05, 3.63) is 47.8 Å². The maximum atomic E-state index is 12.8. The third kappa shape index (κ3) is 3.04. The Balaban J connectivity index is 1.50. The average Bonchev–Trinajstić information content (AvgIpc) is 3.20. The summed E-state index contributed by atoms with van der Waals surface area (Å²) in [7, 11) is 0. The van der Waals surface area contributed by atoms with Gasteiger partial charge in [0.15, 0.2) is 0 Å². The first kappa shape index (κ1) is 15.9. The van der Waals surface area contributed by atoms with Crippen LogP contribution in [0.2, 0.25) is 0 Å². The van der Waals surface area contributed by atoms with Crippen LogP contribution in [-0.4, -0.2) is 44.8 Å². The maximum Gasteiger partial charge on any atom is 0.308 e.